The van der Waals surface area contributed by atoms with E-state index in [1.807, 2.05) is 30.3 Å². The molecule has 0 radical (unpaired) electrons. The first-order valence-corrected chi connectivity index (χ1v) is 9.83. The van der Waals surface area contributed by atoms with E-state index in [4.69, 9.17) is 0 Å². The van der Waals surface area contributed by atoms with Crippen LogP contribution in [-0.2, 0) is 6.42 Å². The molecule has 0 bridgehead atoms. The lowest BCUT2D eigenvalue weighted by atomic mass is 10.1. The van der Waals surface area contributed by atoms with Crippen LogP contribution in [0.2, 0.25) is 0 Å². The van der Waals surface area contributed by atoms with E-state index in [2.05, 4.69) is 47.1 Å². The maximum atomic E-state index is 12.5. The summed E-state index contributed by atoms with van der Waals surface area (Å²) < 4.78 is 1.76. The summed E-state index contributed by atoms with van der Waals surface area (Å²) in [5, 5.41) is 5.55. The fraction of sp³-hybridized carbons (Fsp3) is 0.190. The molecule has 1 N–H and O–H groups in total. The standard InChI is InChI=1S/C21H20N4OS/c1-14-7-6-10-18(15(14)2)25-19-17(13-22-25)20(26)24-21(23-19)27-12-11-16-8-4-3-5-9-16/h3-10,13H,11-12H2,1-2H3,(H,23,24,26). The van der Waals surface area contributed by atoms with E-state index in [1.165, 1.54) is 11.1 Å². The molecule has 2 aromatic carbocycles. The van der Waals surface area contributed by atoms with Crippen LogP contribution in [-0.4, -0.2) is 25.5 Å². The quantitative estimate of drug-likeness (QED) is 0.421. The summed E-state index contributed by atoms with van der Waals surface area (Å²) in [7, 11) is 0. The first-order chi connectivity index (χ1) is 13.1. The van der Waals surface area contributed by atoms with Gasteiger partial charge in [-0.15, -0.1) is 0 Å². The van der Waals surface area contributed by atoms with Crippen molar-refractivity contribution in [2.45, 2.75) is 25.4 Å². The molecule has 4 aromatic rings. The average molecular weight is 376 g/mol. The number of aromatic nitrogens is 4. The summed E-state index contributed by atoms with van der Waals surface area (Å²) in [6.07, 6.45) is 2.50. The highest BCUT2D eigenvalue weighted by molar-refractivity contribution is 7.99. The van der Waals surface area contributed by atoms with Gasteiger partial charge >= 0.3 is 0 Å². The van der Waals surface area contributed by atoms with E-state index in [9.17, 15) is 4.79 Å². The fourth-order valence-corrected chi connectivity index (χ4v) is 3.87. The normalized spacial score (nSPS) is 11.2. The van der Waals surface area contributed by atoms with Gasteiger partial charge in [-0.3, -0.25) is 4.79 Å². The number of hydrogen-bond acceptors (Lipinski definition) is 4. The van der Waals surface area contributed by atoms with Crippen LogP contribution in [0.25, 0.3) is 16.7 Å². The summed E-state index contributed by atoms with van der Waals surface area (Å²) >= 11 is 1.55. The fourth-order valence-electron chi connectivity index (χ4n) is 3.02. The van der Waals surface area contributed by atoms with Gasteiger partial charge in [0.25, 0.3) is 5.56 Å². The molecule has 0 aliphatic rings. The molecular formula is C21H20N4OS. The second-order valence-electron chi connectivity index (χ2n) is 6.47. The van der Waals surface area contributed by atoms with E-state index in [0.29, 0.717) is 16.2 Å². The molecule has 5 nitrogen and oxygen atoms in total. The molecule has 136 valence electrons. The molecule has 0 atom stereocenters. The van der Waals surface area contributed by atoms with Crippen molar-refractivity contribution in [3.8, 4) is 5.69 Å². The maximum Gasteiger partial charge on any atom is 0.262 e. The number of hydrogen-bond donors (Lipinski definition) is 1. The molecule has 0 amide bonds. The molecule has 27 heavy (non-hydrogen) atoms. The van der Waals surface area contributed by atoms with Gasteiger partial charge in [-0.25, -0.2) is 9.67 Å². The summed E-state index contributed by atoms with van der Waals surface area (Å²) in [5.41, 5.74) is 4.96. The third-order valence-electron chi connectivity index (χ3n) is 4.69. The molecule has 4 rings (SSSR count). The second kappa shape index (κ2) is 7.40. The van der Waals surface area contributed by atoms with Gasteiger partial charge in [-0.2, -0.15) is 5.10 Å². The summed E-state index contributed by atoms with van der Waals surface area (Å²) in [6.45, 7) is 4.12. The first-order valence-electron chi connectivity index (χ1n) is 8.85. The third kappa shape index (κ3) is 3.53. The highest BCUT2D eigenvalue weighted by atomic mass is 32.2. The molecule has 0 unspecified atom stereocenters. The zero-order valence-electron chi connectivity index (χ0n) is 15.3. The number of thioether (sulfide) groups is 1. The molecule has 0 aliphatic carbocycles. The van der Waals surface area contributed by atoms with Crippen molar-refractivity contribution >= 4 is 22.8 Å². The van der Waals surface area contributed by atoms with Crippen LogP contribution in [0, 0.1) is 13.8 Å². The third-order valence-corrected chi connectivity index (χ3v) is 5.57. The lowest BCUT2D eigenvalue weighted by Gasteiger charge is -2.09. The van der Waals surface area contributed by atoms with Crippen molar-refractivity contribution in [3.63, 3.8) is 0 Å². The molecule has 0 saturated heterocycles. The molecule has 6 heteroatoms. The van der Waals surface area contributed by atoms with Crippen LogP contribution in [0.3, 0.4) is 0 Å². The van der Waals surface area contributed by atoms with Gasteiger partial charge in [0.15, 0.2) is 10.8 Å². The predicted molar refractivity (Wildman–Crippen MR) is 110 cm³/mol. The van der Waals surface area contributed by atoms with Crippen LogP contribution < -0.4 is 5.56 Å². The number of nitrogens with zero attached hydrogens (tertiary/aromatic N) is 3. The molecule has 2 heterocycles. The number of benzene rings is 2. The van der Waals surface area contributed by atoms with Crippen molar-refractivity contribution in [2.24, 2.45) is 0 Å². The Morgan fingerprint density at radius 3 is 2.70 bits per heavy atom. The monoisotopic (exact) mass is 376 g/mol. The van der Waals surface area contributed by atoms with Gasteiger partial charge in [0.05, 0.1) is 11.9 Å². The Hall–Kier alpha value is -2.86. The molecule has 0 fully saturated rings. The number of rotatable bonds is 5. The maximum absolute atomic E-state index is 12.5. The van der Waals surface area contributed by atoms with Crippen molar-refractivity contribution in [3.05, 3.63) is 81.8 Å². The molecule has 0 saturated carbocycles. The molecule has 2 aromatic heterocycles. The highest BCUT2D eigenvalue weighted by Crippen LogP contribution is 2.22. The van der Waals surface area contributed by atoms with Crippen molar-refractivity contribution < 1.29 is 0 Å². The van der Waals surface area contributed by atoms with Crippen molar-refractivity contribution in [2.75, 3.05) is 5.75 Å². The van der Waals surface area contributed by atoms with E-state index in [0.717, 1.165) is 23.4 Å². The summed E-state index contributed by atoms with van der Waals surface area (Å²) in [4.78, 5) is 20.0. The largest absolute Gasteiger partial charge is 0.301 e. The lowest BCUT2D eigenvalue weighted by Crippen LogP contribution is -2.10. The Bertz CT molecular complexity index is 1150. The Labute approximate surface area is 161 Å². The Balaban J connectivity index is 1.66. The van der Waals surface area contributed by atoms with E-state index in [1.54, 1.807) is 22.6 Å². The van der Waals surface area contributed by atoms with E-state index < -0.39 is 0 Å². The number of aryl methyl sites for hydroxylation is 2. The van der Waals surface area contributed by atoms with Gasteiger partial charge in [0.2, 0.25) is 0 Å². The zero-order valence-corrected chi connectivity index (χ0v) is 16.1. The van der Waals surface area contributed by atoms with Gasteiger partial charge in [0.1, 0.15) is 5.39 Å². The smallest absolute Gasteiger partial charge is 0.262 e. The van der Waals surface area contributed by atoms with Crippen LogP contribution in [0.15, 0.2) is 64.7 Å². The SMILES string of the molecule is Cc1cccc(-n2ncc3c(=O)[nH]c(SCCc4ccccc4)nc32)c1C. The lowest BCUT2D eigenvalue weighted by molar-refractivity contribution is 0.865. The number of aromatic amines is 1. The molecule has 0 spiro atoms. The number of nitrogens with one attached hydrogen (secondary N) is 1. The highest BCUT2D eigenvalue weighted by Gasteiger charge is 2.13. The Morgan fingerprint density at radius 1 is 1.07 bits per heavy atom. The topological polar surface area (TPSA) is 63.6 Å². The summed E-state index contributed by atoms with van der Waals surface area (Å²) in [5.74, 6) is 0.843. The number of fused-ring (bicyclic) bond motifs is 1. The Kier molecular flexibility index (Phi) is 4.81. The van der Waals surface area contributed by atoms with Crippen LogP contribution >= 0.6 is 11.8 Å². The molecular weight excluding hydrogens is 356 g/mol. The van der Waals surface area contributed by atoms with Crippen LogP contribution in [0.5, 0.6) is 0 Å². The first kappa shape index (κ1) is 17.5. The summed E-state index contributed by atoms with van der Waals surface area (Å²) in [6, 6.07) is 16.4. The van der Waals surface area contributed by atoms with Crippen molar-refractivity contribution in [1.82, 2.24) is 19.7 Å². The zero-order chi connectivity index (χ0) is 18.8. The van der Waals surface area contributed by atoms with Crippen LogP contribution in [0.1, 0.15) is 16.7 Å². The minimum atomic E-state index is -0.154. The van der Waals surface area contributed by atoms with Crippen LogP contribution in [0.4, 0.5) is 0 Å². The molecule has 0 aliphatic heterocycles. The van der Waals surface area contributed by atoms with Gasteiger partial charge < -0.3 is 4.98 Å². The van der Waals surface area contributed by atoms with Gasteiger partial charge in [-0.1, -0.05) is 54.2 Å². The second-order valence-corrected chi connectivity index (χ2v) is 7.55. The van der Waals surface area contributed by atoms with Gasteiger partial charge in [-0.05, 0) is 43.0 Å². The minimum absolute atomic E-state index is 0.154. The van der Waals surface area contributed by atoms with Gasteiger partial charge in [0, 0.05) is 5.75 Å². The van der Waals surface area contributed by atoms with E-state index in [-0.39, 0.29) is 5.56 Å². The predicted octanol–water partition coefficient (Wildman–Crippen LogP) is 4.06. The van der Waals surface area contributed by atoms with Crippen molar-refractivity contribution in [1.29, 1.82) is 0 Å². The average Bonchev–Trinajstić information content (AvgIpc) is 3.09. The number of H-pyrrole nitrogens is 1. The minimum Gasteiger partial charge on any atom is -0.301 e. The van der Waals surface area contributed by atoms with E-state index >= 15 is 0 Å². The Morgan fingerprint density at radius 2 is 1.89 bits per heavy atom.